The molecule has 2 aromatic heterocycles. The van der Waals surface area contributed by atoms with Gasteiger partial charge in [-0.25, -0.2) is 19.3 Å². The summed E-state index contributed by atoms with van der Waals surface area (Å²) in [6.07, 6.45) is 6.47. The van der Waals surface area contributed by atoms with Crippen molar-refractivity contribution in [2.24, 2.45) is 5.41 Å². The summed E-state index contributed by atoms with van der Waals surface area (Å²) in [5, 5.41) is 17.4. The van der Waals surface area contributed by atoms with E-state index in [1.54, 1.807) is 15.8 Å². The molecule has 2 atom stereocenters. The maximum absolute atomic E-state index is 14.4. The van der Waals surface area contributed by atoms with Gasteiger partial charge in [-0.05, 0) is 51.2 Å². The lowest BCUT2D eigenvalue weighted by Crippen LogP contribution is -2.64. The third kappa shape index (κ3) is 6.48. The average Bonchev–Trinajstić information content (AvgIpc) is 3.75. The number of ether oxygens (including phenoxy) is 1. The van der Waals surface area contributed by atoms with Gasteiger partial charge in [-0.1, -0.05) is 73.5 Å². The quantitative estimate of drug-likeness (QED) is 0.313. The highest BCUT2D eigenvalue weighted by Gasteiger charge is 2.56. The minimum atomic E-state index is -1.20. The Morgan fingerprint density at radius 3 is 2.34 bits per heavy atom. The average molecular weight is 682 g/mol. The van der Waals surface area contributed by atoms with Crippen molar-refractivity contribution in [2.45, 2.75) is 83.2 Å². The Bertz CT molecular complexity index is 1900. The summed E-state index contributed by atoms with van der Waals surface area (Å²) in [6.45, 7) is 7.96. The molecule has 1 N–H and O–H groups in total. The number of aliphatic hydroxyl groups is 1. The van der Waals surface area contributed by atoms with E-state index in [9.17, 15) is 19.5 Å². The Hall–Kier alpha value is -4.71. The molecule has 1 spiro atoms. The van der Waals surface area contributed by atoms with Crippen molar-refractivity contribution in [1.29, 1.82) is 0 Å². The molecule has 4 aromatic rings. The fraction of sp³-hybridized carbons (Fsp3) is 0.500. The predicted octanol–water partition coefficient (Wildman–Crippen LogP) is 5.05. The van der Waals surface area contributed by atoms with Crippen LogP contribution in [0.5, 0.6) is 0 Å². The van der Waals surface area contributed by atoms with Crippen LogP contribution in [0.25, 0.3) is 11.0 Å². The molecule has 1 aliphatic carbocycles. The Balaban J connectivity index is 1.11. The predicted molar refractivity (Wildman–Crippen MR) is 188 cm³/mol. The number of amides is 3. The molecule has 2 saturated heterocycles. The molecule has 7 rings (SSSR count). The summed E-state index contributed by atoms with van der Waals surface area (Å²) in [6, 6.07) is 19.3. The first kappa shape index (κ1) is 33.8. The van der Waals surface area contributed by atoms with Crippen molar-refractivity contribution in [1.82, 2.24) is 34.0 Å². The number of hydrogen-bond acceptors (Lipinski definition) is 7. The fourth-order valence-corrected chi connectivity index (χ4v) is 8.17. The highest BCUT2D eigenvalue weighted by atomic mass is 16.6. The van der Waals surface area contributed by atoms with Gasteiger partial charge in [0, 0.05) is 38.1 Å². The summed E-state index contributed by atoms with van der Waals surface area (Å²) in [5.41, 5.74) is -0.0964. The second-order valence-corrected chi connectivity index (χ2v) is 15.2. The van der Waals surface area contributed by atoms with Crippen molar-refractivity contribution in [3.8, 4) is 0 Å². The van der Waals surface area contributed by atoms with Crippen LogP contribution in [0.3, 0.4) is 0 Å². The molecule has 3 aliphatic rings. The lowest BCUT2D eigenvalue weighted by molar-refractivity contribution is -0.137. The lowest BCUT2D eigenvalue weighted by Gasteiger charge is -2.53. The number of carbonyl (C=O) groups is 2. The third-order valence-electron chi connectivity index (χ3n) is 10.8. The van der Waals surface area contributed by atoms with Gasteiger partial charge >= 0.3 is 12.1 Å². The zero-order valence-corrected chi connectivity index (χ0v) is 29.2. The second kappa shape index (κ2) is 13.2. The molecule has 3 fully saturated rings. The number of fused-ring (bicyclic) bond motifs is 1. The molecule has 2 aromatic carbocycles. The minimum Gasteiger partial charge on any atom is -0.444 e. The number of likely N-dealkylation sites (tertiary alicyclic amines) is 1. The van der Waals surface area contributed by atoms with E-state index in [0.717, 1.165) is 36.8 Å². The summed E-state index contributed by atoms with van der Waals surface area (Å²) in [4.78, 5) is 51.4. The first-order valence-electron chi connectivity index (χ1n) is 17.7. The standard InChI is InChI=1S/C38H47N7O5/c1-36(2,3)50-35(48)41-20-21-44(31(24-41)29-14-8-5-9-15-29)34(47)42-19-18-38(49,37(25-42)16-10-11-17-37)26-43-27-39-32-30(33(43)46)22-40-45(32)23-28-12-6-4-7-13-28/h4-9,12-15,22,27,31,49H,10-11,16-21,23-26H2,1-3H3/t31-,38?/m0/s1. The summed E-state index contributed by atoms with van der Waals surface area (Å²) in [7, 11) is 0. The number of piperidine rings is 1. The van der Waals surface area contributed by atoms with Crippen LogP contribution in [0.15, 0.2) is 78.0 Å². The molecule has 2 aliphatic heterocycles. The van der Waals surface area contributed by atoms with E-state index in [-0.39, 0.29) is 30.3 Å². The molecule has 264 valence electrons. The number of benzene rings is 2. The molecular weight excluding hydrogens is 634 g/mol. The number of rotatable bonds is 5. The lowest BCUT2D eigenvalue weighted by atomic mass is 9.66. The summed E-state index contributed by atoms with van der Waals surface area (Å²) < 4.78 is 8.93. The molecule has 50 heavy (non-hydrogen) atoms. The number of piperazine rings is 1. The maximum atomic E-state index is 14.4. The monoisotopic (exact) mass is 681 g/mol. The van der Waals surface area contributed by atoms with E-state index < -0.39 is 16.6 Å². The molecule has 12 heteroatoms. The van der Waals surface area contributed by atoms with Gasteiger partial charge in [-0.3, -0.25) is 9.36 Å². The Labute approximate surface area is 292 Å². The molecule has 1 saturated carbocycles. The van der Waals surface area contributed by atoms with Crippen LogP contribution in [0.1, 0.15) is 70.0 Å². The van der Waals surface area contributed by atoms with Gasteiger partial charge in [0.1, 0.15) is 17.3 Å². The first-order chi connectivity index (χ1) is 24.0. The third-order valence-corrected chi connectivity index (χ3v) is 10.8. The number of aromatic nitrogens is 4. The van der Waals surface area contributed by atoms with E-state index in [4.69, 9.17) is 4.74 Å². The van der Waals surface area contributed by atoms with E-state index >= 15 is 0 Å². The maximum Gasteiger partial charge on any atom is 0.410 e. The zero-order chi connectivity index (χ0) is 35.1. The van der Waals surface area contributed by atoms with Crippen LogP contribution < -0.4 is 5.56 Å². The number of hydrogen-bond donors (Lipinski definition) is 1. The van der Waals surface area contributed by atoms with Gasteiger partial charge in [-0.15, -0.1) is 0 Å². The normalized spacial score (nSPS) is 22.3. The van der Waals surface area contributed by atoms with Crippen LogP contribution in [0, 0.1) is 5.41 Å². The van der Waals surface area contributed by atoms with Crippen LogP contribution in [0.4, 0.5) is 9.59 Å². The number of carbonyl (C=O) groups excluding carboxylic acids is 2. The smallest absolute Gasteiger partial charge is 0.410 e. The highest BCUT2D eigenvalue weighted by Crippen LogP contribution is 2.52. The first-order valence-corrected chi connectivity index (χ1v) is 17.7. The zero-order valence-electron chi connectivity index (χ0n) is 29.2. The van der Waals surface area contributed by atoms with Crippen LogP contribution >= 0.6 is 0 Å². The van der Waals surface area contributed by atoms with Crippen LogP contribution in [0.2, 0.25) is 0 Å². The van der Waals surface area contributed by atoms with Gasteiger partial charge in [-0.2, -0.15) is 5.10 Å². The largest absolute Gasteiger partial charge is 0.444 e. The summed E-state index contributed by atoms with van der Waals surface area (Å²) >= 11 is 0. The second-order valence-electron chi connectivity index (χ2n) is 15.2. The molecule has 12 nitrogen and oxygen atoms in total. The van der Waals surface area contributed by atoms with Gasteiger partial charge in [0.05, 0.1) is 30.9 Å². The van der Waals surface area contributed by atoms with Gasteiger partial charge in [0.15, 0.2) is 5.65 Å². The highest BCUT2D eigenvalue weighted by molar-refractivity contribution is 5.76. The Morgan fingerprint density at radius 1 is 0.940 bits per heavy atom. The molecule has 0 radical (unpaired) electrons. The van der Waals surface area contributed by atoms with Gasteiger partial charge in [0.25, 0.3) is 5.56 Å². The van der Waals surface area contributed by atoms with E-state index in [1.165, 1.54) is 10.9 Å². The Kier molecular flexibility index (Phi) is 8.92. The van der Waals surface area contributed by atoms with E-state index in [1.807, 2.05) is 91.2 Å². The topological polar surface area (TPSA) is 126 Å². The van der Waals surface area contributed by atoms with Crippen molar-refractivity contribution in [3.63, 3.8) is 0 Å². The minimum absolute atomic E-state index is 0.0953. The van der Waals surface area contributed by atoms with E-state index in [2.05, 4.69) is 10.1 Å². The fourth-order valence-electron chi connectivity index (χ4n) is 8.17. The van der Waals surface area contributed by atoms with Crippen LogP contribution in [-0.2, 0) is 17.8 Å². The number of urea groups is 1. The van der Waals surface area contributed by atoms with Crippen LogP contribution in [-0.4, -0.2) is 95.2 Å². The Morgan fingerprint density at radius 2 is 1.64 bits per heavy atom. The van der Waals surface area contributed by atoms with Gasteiger partial charge < -0.3 is 24.5 Å². The van der Waals surface area contributed by atoms with Crippen molar-refractivity contribution >= 4 is 23.2 Å². The number of nitrogens with zero attached hydrogens (tertiary/aromatic N) is 7. The molecule has 3 amide bonds. The van der Waals surface area contributed by atoms with E-state index in [0.29, 0.717) is 56.7 Å². The molecule has 4 heterocycles. The molecule has 0 bridgehead atoms. The van der Waals surface area contributed by atoms with Crippen molar-refractivity contribution in [3.05, 3.63) is 94.7 Å². The SMILES string of the molecule is CC(C)(C)OC(=O)N1CCN(C(=O)N2CCC(O)(Cn3cnc4c(cnn4Cc4ccccc4)c3=O)C3(CCCC3)C2)[C@H](c2ccccc2)C1. The molecule has 1 unspecified atom stereocenters. The van der Waals surface area contributed by atoms with Gasteiger partial charge in [0.2, 0.25) is 0 Å². The summed E-state index contributed by atoms with van der Waals surface area (Å²) in [5.74, 6) is 0. The van der Waals surface area contributed by atoms with Crippen molar-refractivity contribution < 1.29 is 19.4 Å². The van der Waals surface area contributed by atoms with Crippen molar-refractivity contribution in [2.75, 3.05) is 32.7 Å². The molecular formula is C38H47N7O5.